The summed E-state index contributed by atoms with van der Waals surface area (Å²) in [5, 5.41) is 39.5. The van der Waals surface area contributed by atoms with Crippen LogP contribution >= 0.6 is 0 Å². The number of aliphatic hydroxyl groups is 3. The molecule has 3 aromatic rings. The maximum atomic E-state index is 13.6. The molecule has 0 saturated carbocycles. The van der Waals surface area contributed by atoms with Crippen molar-refractivity contribution in [3.05, 3.63) is 71.7 Å². The van der Waals surface area contributed by atoms with Gasteiger partial charge in [0.1, 0.15) is 35.9 Å². The van der Waals surface area contributed by atoms with Crippen LogP contribution in [0.4, 0.5) is 13.2 Å². The fraction of sp³-hybridized carbons (Fsp3) is 0.375. The summed E-state index contributed by atoms with van der Waals surface area (Å²) in [5.74, 6) is -2.96. The van der Waals surface area contributed by atoms with Gasteiger partial charge >= 0.3 is 0 Å². The molecule has 36 heavy (non-hydrogen) atoms. The van der Waals surface area contributed by atoms with Gasteiger partial charge in [-0.15, -0.1) is 5.10 Å². The standard InChI is InChI=1S/C24H25F3N4O5/c1-30(20(33)8-6-13-5-7-16(26)17(27)9-13)24-23(35)21(22(34)19(12-32)36-24)31-11-18(28-29-31)14-3-2-4-15(25)10-14/h2-5,7,9-11,19,21-24,32,34-35H,6,8,12H2,1H3/t19-,21+,22+,23-,24-/m1/s1. The number of carbonyl (C=O) groups excluding carboxylic acids is 1. The molecule has 1 amide bonds. The third kappa shape index (κ3) is 5.26. The summed E-state index contributed by atoms with van der Waals surface area (Å²) in [5.41, 5.74) is 1.13. The normalized spacial score (nSPS) is 24.0. The number of aromatic nitrogens is 3. The van der Waals surface area contributed by atoms with Crippen LogP contribution < -0.4 is 0 Å². The molecule has 0 bridgehead atoms. The van der Waals surface area contributed by atoms with E-state index < -0.39 is 60.5 Å². The van der Waals surface area contributed by atoms with Gasteiger partial charge in [-0.2, -0.15) is 0 Å². The molecular formula is C24H25F3N4O5. The number of ether oxygens (including phenoxy) is 1. The summed E-state index contributed by atoms with van der Waals surface area (Å²) >= 11 is 0. The summed E-state index contributed by atoms with van der Waals surface area (Å²) in [4.78, 5) is 13.9. The number of halogens is 3. The zero-order valence-corrected chi connectivity index (χ0v) is 19.2. The molecule has 1 aliphatic heterocycles. The summed E-state index contributed by atoms with van der Waals surface area (Å²) < 4.78 is 47.0. The van der Waals surface area contributed by atoms with Gasteiger partial charge < -0.3 is 25.0 Å². The largest absolute Gasteiger partial charge is 0.394 e. The molecule has 1 aromatic heterocycles. The van der Waals surface area contributed by atoms with E-state index in [2.05, 4.69) is 10.3 Å². The molecule has 2 heterocycles. The zero-order chi connectivity index (χ0) is 26.0. The van der Waals surface area contributed by atoms with Crippen molar-refractivity contribution in [3.8, 4) is 11.3 Å². The van der Waals surface area contributed by atoms with Crippen LogP contribution in [-0.4, -0.2) is 79.3 Å². The molecule has 0 unspecified atom stereocenters. The fourth-order valence-corrected chi connectivity index (χ4v) is 4.18. The van der Waals surface area contributed by atoms with Crippen molar-refractivity contribution in [1.29, 1.82) is 0 Å². The van der Waals surface area contributed by atoms with E-state index in [-0.39, 0.29) is 18.5 Å². The second-order valence-corrected chi connectivity index (χ2v) is 8.57. The first-order valence-electron chi connectivity index (χ1n) is 11.2. The second kappa shape index (κ2) is 10.7. The third-order valence-electron chi connectivity index (χ3n) is 6.19. The first-order valence-corrected chi connectivity index (χ1v) is 11.2. The van der Waals surface area contributed by atoms with Gasteiger partial charge in [0.15, 0.2) is 17.9 Å². The van der Waals surface area contributed by atoms with Crippen LogP contribution in [0.5, 0.6) is 0 Å². The smallest absolute Gasteiger partial charge is 0.224 e. The molecule has 1 saturated heterocycles. The Morgan fingerprint density at radius 1 is 1.11 bits per heavy atom. The molecule has 1 aliphatic rings. The zero-order valence-electron chi connectivity index (χ0n) is 19.2. The van der Waals surface area contributed by atoms with Crippen molar-refractivity contribution in [2.24, 2.45) is 0 Å². The topological polar surface area (TPSA) is 121 Å². The Morgan fingerprint density at radius 3 is 2.58 bits per heavy atom. The summed E-state index contributed by atoms with van der Waals surface area (Å²) in [6, 6.07) is 7.84. The van der Waals surface area contributed by atoms with Crippen LogP contribution in [0.2, 0.25) is 0 Å². The van der Waals surface area contributed by atoms with Gasteiger partial charge in [-0.05, 0) is 36.2 Å². The third-order valence-corrected chi connectivity index (χ3v) is 6.19. The second-order valence-electron chi connectivity index (χ2n) is 8.57. The maximum absolute atomic E-state index is 13.6. The number of hydrogen-bond acceptors (Lipinski definition) is 7. The Kier molecular flexibility index (Phi) is 7.69. The number of hydrogen-bond donors (Lipinski definition) is 3. The highest BCUT2D eigenvalue weighted by atomic mass is 19.2. The summed E-state index contributed by atoms with van der Waals surface area (Å²) in [6.07, 6.45) is -3.90. The number of benzene rings is 2. The number of aliphatic hydroxyl groups excluding tert-OH is 3. The highest BCUT2D eigenvalue weighted by Gasteiger charge is 2.48. The first-order chi connectivity index (χ1) is 17.2. The van der Waals surface area contributed by atoms with E-state index in [9.17, 15) is 33.3 Å². The Bertz CT molecular complexity index is 1230. The number of likely N-dealkylation sites (N-methyl/N-ethyl adjacent to an activating group) is 1. The maximum Gasteiger partial charge on any atom is 0.224 e. The average molecular weight is 506 g/mol. The monoisotopic (exact) mass is 506 g/mol. The molecule has 0 aliphatic carbocycles. The van der Waals surface area contributed by atoms with Crippen LogP contribution in [0.15, 0.2) is 48.7 Å². The molecule has 5 atom stereocenters. The van der Waals surface area contributed by atoms with E-state index in [1.807, 2.05) is 0 Å². The van der Waals surface area contributed by atoms with E-state index >= 15 is 0 Å². The lowest BCUT2D eigenvalue weighted by Gasteiger charge is -2.45. The number of rotatable bonds is 7. The van der Waals surface area contributed by atoms with Crippen LogP contribution in [0.1, 0.15) is 18.0 Å². The van der Waals surface area contributed by atoms with Crippen LogP contribution in [0, 0.1) is 17.5 Å². The minimum atomic E-state index is -1.48. The van der Waals surface area contributed by atoms with E-state index in [0.29, 0.717) is 11.1 Å². The number of nitrogens with zero attached hydrogens (tertiary/aromatic N) is 4. The molecule has 9 nitrogen and oxygen atoms in total. The lowest BCUT2D eigenvalue weighted by molar-refractivity contribution is -0.241. The van der Waals surface area contributed by atoms with Gasteiger partial charge in [-0.3, -0.25) is 4.79 Å². The van der Waals surface area contributed by atoms with Crippen molar-refractivity contribution < 1.29 is 38.0 Å². The molecule has 12 heteroatoms. The van der Waals surface area contributed by atoms with Gasteiger partial charge in [0.25, 0.3) is 0 Å². The highest BCUT2D eigenvalue weighted by molar-refractivity contribution is 5.76. The lowest BCUT2D eigenvalue weighted by atomic mass is 9.94. The van der Waals surface area contributed by atoms with Gasteiger partial charge in [0, 0.05) is 19.0 Å². The molecule has 192 valence electrons. The van der Waals surface area contributed by atoms with Gasteiger partial charge in [-0.1, -0.05) is 23.4 Å². The van der Waals surface area contributed by atoms with Crippen LogP contribution in [0.25, 0.3) is 11.3 Å². The highest BCUT2D eigenvalue weighted by Crippen LogP contribution is 2.32. The molecule has 3 N–H and O–H groups in total. The number of carbonyl (C=O) groups is 1. The van der Waals surface area contributed by atoms with E-state index in [1.165, 1.54) is 42.2 Å². The Labute approximate surface area is 204 Å². The molecule has 4 rings (SSSR count). The van der Waals surface area contributed by atoms with E-state index in [0.717, 1.165) is 17.0 Å². The quantitative estimate of drug-likeness (QED) is 0.443. The molecule has 2 aromatic carbocycles. The van der Waals surface area contributed by atoms with Crippen LogP contribution in [0.3, 0.4) is 0 Å². The van der Waals surface area contributed by atoms with Crippen molar-refractivity contribution in [1.82, 2.24) is 19.9 Å². The van der Waals surface area contributed by atoms with E-state index in [4.69, 9.17) is 4.74 Å². The Hall–Kier alpha value is -3.32. The van der Waals surface area contributed by atoms with Crippen LogP contribution in [-0.2, 0) is 16.0 Å². The van der Waals surface area contributed by atoms with Crippen molar-refractivity contribution in [2.45, 2.75) is 43.4 Å². The van der Waals surface area contributed by atoms with Gasteiger partial charge in [-0.25, -0.2) is 17.9 Å². The molecular weight excluding hydrogens is 481 g/mol. The molecule has 1 fully saturated rings. The number of amides is 1. The SMILES string of the molecule is CN(C(=O)CCc1ccc(F)c(F)c1)[C@@H]1O[C@H](CO)[C@H](O)[C@H](n2cc(-c3cccc(F)c3)nn2)[C@H]1O. The first kappa shape index (κ1) is 25.8. The predicted molar refractivity (Wildman–Crippen MR) is 120 cm³/mol. The average Bonchev–Trinajstić information content (AvgIpc) is 3.34. The van der Waals surface area contributed by atoms with E-state index in [1.54, 1.807) is 6.07 Å². The molecule has 0 radical (unpaired) electrons. The minimum absolute atomic E-state index is 0.0990. The fourth-order valence-electron chi connectivity index (χ4n) is 4.18. The van der Waals surface area contributed by atoms with Crippen molar-refractivity contribution in [3.63, 3.8) is 0 Å². The predicted octanol–water partition coefficient (Wildman–Crippen LogP) is 1.43. The lowest BCUT2D eigenvalue weighted by Crippen LogP contribution is -2.61. The summed E-state index contributed by atoms with van der Waals surface area (Å²) in [7, 11) is 1.38. The van der Waals surface area contributed by atoms with Gasteiger partial charge in [0.2, 0.25) is 5.91 Å². The minimum Gasteiger partial charge on any atom is -0.394 e. The van der Waals surface area contributed by atoms with Crippen molar-refractivity contribution in [2.75, 3.05) is 13.7 Å². The Balaban J connectivity index is 1.52. The summed E-state index contributed by atoms with van der Waals surface area (Å²) in [6.45, 7) is -0.608. The van der Waals surface area contributed by atoms with Crippen molar-refractivity contribution >= 4 is 5.91 Å². The number of aryl methyl sites for hydroxylation is 1. The Morgan fingerprint density at radius 2 is 1.89 bits per heavy atom. The molecule has 0 spiro atoms. The van der Waals surface area contributed by atoms with Gasteiger partial charge in [0.05, 0.1) is 12.8 Å².